The van der Waals surface area contributed by atoms with E-state index in [9.17, 15) is 4.79 Å². The second kappa shape index (κ2) is 4.71. The highest BCUT2D eigenvalue weighted by Crippen LogP contribution is 2.33. The van der Waals surface area contributed by atoms with E-state index in [2.05, 4.69) is 0 Å². The first-order valence-corrected chi connectivity index (χ1v) is 6.53. The van der Waals surface area contributed by atoms with E-state index in [1.165, 1.54) is 0 Å². The molecule has 0 saturated carbocycles. The second-order valence-corrected chi connectivity index (χ2v) is 4.93. The zero-order valence-corrected chi connectivity index (χ0v) is 10.3. The summed E-state index contributed by atoms with van der Waals surface area (Å²) in [6.45, 7) is 1.94. The summed E-state index contributed by atoms with van der Waals surface area (Å²) < 4.78 is 5.62. The fourth-order valence-electron chi connectivity index (χ4n) is 2.92. The van der Waals surface area contributed by atoms with Crippen LogP contribution in [0.15, 0.2) is 24.3 Å². The fourth-order valence-corrected chi connectivity index (χ4v) is 2.92. The van der Waals surface area contributed by atoms with Crippen molar-refractivity contribution in [2.45, 2.75) is 25.0 Å². The summed E-state index contributed by atoms with van der Waals surface area (Å²) in [5.74, 6) is 0.0940. The van der Waals surface area contributed by atoms with Crippen molar-refractivity contribution < 1.29 is 9.53 Å². The second-order valence-electron chi connectivity index (χ2n) is 4.93. The summed E-state index contributed by atoms with van der Waals surface area (Å²) in [6, 6.07) is 7.76. The van der Waals surface area contributed by atoms with Crippen LogP contribution in [0.25, 0.3) is 0 Å². The van der Waals surface area contributed by atoms with E-state index in [1.54, 1.807) is 0 Å². The lowest BCUT2D eigenvalue weighted by molar-refractivity contribution is 0.0470. The van der Waals surface area contributed by atoms with E-state index in [4.69, 9.17) is 10.5 Å². The zero-order chi connectivity index (χ0) is 12.5. The number of carbonyl (C=O) groups excluding carboxylic acids is 1. The molecule has 1 saturated heterocycles. The minimum atomic E-state index is 0.0119. The molecule has 2 aliphatic heterocycles. The van der Waals surface area contributed by atoms with Crippen molar-refractivity contribution in [3.63, 3.8) is 0 Å². The molecule has 96 valence electrons. The van der Waals surface area contributed by atoms with E-state index in [0.29, 0.717) is 13.1 Å². The molecule has 0 bridgehead atoms. The van der Waals surface area contributed by atoms with Crippen molar-refractivity contribution in [3.05, 3.63) is 35.4 Å². The van der Waals surface area contributed by atoms with Gasteiger partial charge in [-0.15, -0.1) is 0 Å². The quantitative estimate of drug-likeness (QED) is 0.875. The number of hydrogen-bond acceptors (Lipinski definition) is 3. The first-order valence-electron chi connectivity index (χ1n) is 6.53. The molecule has 2 atom stereocenters. The van der Waals surface area contributed by atoms with Gasteiger partial charge >= 0.3 is 0 Å². The molecule has 0 spiro atoms. The Labute approximate surface area is 107 Å². The molecule has 1 fully saturated rings. The van der Waals surface area contributed by atoms with Gasteiger partial charge in [-0.2, -0.15) is 0 Å². The van der Waals surface area contributed by atoms with Gasteiger partial charge in [-0.05, 0) is 24.5 Å². The third-order valence-electron chi connectivity index (χ3n) is 3.83. The van der Waals surface area contributed by atoms with Crippen LogP contribution in [0.5, 0.6) is 0 Å². The first-order chi connectivity index (χ1) is 8.81. The van der Waals surface area contributed by atoms with Gasteiger partial charge in [-0.3, -0.25) is 4.79 Å². The average molecular weight is 246 g/mol. The number of benzene rings is 1. The van der Waals surface area contributed by atoms with Crippen LogP contribution < -0.4 is 5.73 Å². The highest BCUT2D eigenvalue weighted by atomic mass is 16.5. The molecule has 0 aliphatic carbocycles. The van der Waals surface area contributed by atoms with Crippen LogP contribution in [0.1, 0.15) is 34.8 Å². The molecule has 0 unspecified atom stereocenters. The normalized spacial score (nSPS) is 26.7. The first kappa shape index (κ1) is 11.7. The average Bonchev–Trinajstić information content (AvgIpc) is 2.99. The Morgan fingerprint density at radius 2 is 2.22 bits per heavy atom. The number of rotatable bonds is 3. The van der Waals surface area contributed by atoms with E-state index in [-0.39, 0.29) is 18.1 Å². The van der Waals surface area contributed by atoms with Crippen molar-refractivity contribution in [3.8, 4) is 0 Å². The third-order valence-corrected chi connectivity index (χ3v) is 3.83. The molecule has 3 rings (SSSR count). The maximum Gasteiger partial charge on any atom is 0.254 e. The lowest BCUT2D eigenvalue weighted by atomic mass is 10.1. The van der Waals surface area contributed by atoms with Crippen LogP contribution in [-0.4, -0.2) is 36.6 Å². The lowest BCUT2D eigenvalue weighted by Crippen LogP contribution is -2.38. The van der Waals surface area contributed by atoms with E-state index in [0.717, 1.165) is 30.6 Å². The summed E-state index contributed by atoms with van der Waals surface area (Å²) in [5.41, 5.74) is 7.70. The van der Waals surface area contributed by atoms with Gasteiger partial charge in [0.1, 0.15) is 0 Å². The van der Waals surface area contributed by atoms with Gasteiger partial charge in [0.05, 0.1) is 12.1 Å². The number of nitrogens with two attached hydrogens (primary N) is 1. The van der Waals surface area contributed by atoms with E-state index in [1.807, 2.05) is 29.2 Å². The van der Waals surface area contributed by atoms with Gasteiger partial charge in [-0.1, -0.05) is 18.2 Å². The predicted octanol–water partition coefficient (Wildman–Crippen LogP) is 1.32. The number of amides is 1. The van der Waals surface area contributed by atoms with Crippen molar-refractivity contribution in [1.29, 1.82) is 0 Å². The van der Waals surface area contributed by atoms with Gasteiger partial charge < -0.3 is 15.4 Å². The number of ether oxygens (including phenoxy) is 1. The molecule has 1 aromatic rings. The van der Waals surface area contributed by atoms with Crippen LogP contribution in [0.3, 0.4) is 0 Å². The Morgan fingerprint density at radius 1 is 1.39 bits per heavy atom. The standard InChI is InChI=1S/C14H18N2O2/c15-8-13-11-5-1-2-6-12(11)14(17)16(13)9-10-4-3-7-18-10/h1-2,5-6,10,13H,3-4,7-9,15H2/t10-,13-/m1/s1. The number of hydrogen-bond donors (Lipinski definition) is 1. The lowest BCUT2D eigenvalue weighted by Gasteiger charge is -2.26. The highest BCUT2D eigenvalue weighted by molar-refractivity contribution is 5.99. The van der Waals surface area contributed by atoms with Gasteiger partial charge in [0.25, 0.3) is 5.91 Å². The SMILES string of the molecule is NC[C@@H]1c2ccccc2C(=O)N1C[C@H]1CCCO1. The number of nitrogens with zero attached hydrogens (tertiary/aromatic N) is 1. The minimum Gasteiger partial charge on any atom is -0.376 e. The maximum absolute atomic E-state index is 12.4. The van der Waals surface area contributed by atoms with Crippen molar-refractivity contribution in [2.75, 3.05) is 19.7 Å². The summed E-state index contributed by atoms with van der Waals surface area (Å²) in [7, 11) is 0. The van der Waals surface area contributed by atoms with Crippen molar-refractivity contribution >= 4 is 5.91 Å². The molecule has 0 radical (unpaired) electrons. The van der Waals surface area contributed by atoms with Crippen LogP contribution >= 0.6 is 0 Å². The zero-order valence-electron chi connectivity index (χ0n) is 10.3. The Bertz CT molecular complexity index is 455. The number of fused-ring (bicyclic) bond motifs is 1. The van der Waals surface area contributed by atoms with E-state index < -0.39 is 0 Å². The monoisotopic (exact) mass is 246 g/mol. The van der Waals surface area contributed by atoms with Crippen LogP contribution in [0, 0.1) is 0 Å². The summed E-state index contributed by atoms with van der Waals surface area (Å²) in [5, 5.41) is 0. The molecule has 18 heavy (non-hydrogen) atoms. The molecule has 1 amide bonds. The Hall–Kier alpha value is -1.39. The number of carbonyl (C=O) groups is 1. The predicted molar refractivity (Wildman–Crippen MR) is 68.2 cm³/mol. The molecule has 4 nitrogen and oxygen atoms in total. The third kappa shape index (κ3) is 1.82. The molecule has 0 aromatic heterocycles. The smallest absolute Gasteiger partial charge is 0.254 e. The molecule has 1 aromatic carbocycles. The van der Waals surface area contributed by atoms with Crippen molar-refractivity contribution in [2.24, 2.45) is 5.73 Å². The van der Waals surface area contributed by atoms with Crippen LogP contribution in [0.4, 0.5) is 0 Å². The van der Waals surface area contributed by atoms with Gasteiger partial charge in [-0.25, -0.2) is 0 Å². The molecule has 2 aliphatic rings. The maximum atomic E-state index is 12.4. The van der Waals surface area contributed by atoms with Crippen LogP contribution in [0.2, 0.25) is 0 Å². The van der Waals surface area contributed by atoms with Gasteiger partial charge in [0.15, 0.2) is 0 Å². The fraction of sp³-hybridized carbons (Fsp3) is 0.500. The highest BCUT2D eigenvalue weighted by Gasteiger charge is 2.37. The van der Waals surface area contributed by atoms with Crippen molar-refractivity contribution in [1.82, 2.24) is 4.90 Å². The summed E-state index contributed by atoms with van der Waals surface area (Å²) in [6.07, 6.45) is 2.31. The van der Waals surface area contributed by atoms with Gasteiger partial charge in [0.2, 0.25) is 0 Å². The van der Waals surface area contributed by atoms with E-state index >= 15 is 0 Å². The Balaban J connectivity index is 1.85. The molecule has 2 N–H and O–H groups in total. The molecular formula is C14H18N2O2. The molecule has 2 heterocycles. The topological polar surface area (TPSA) is 55.6 Å². The summed E-state index contributed by atoms with van der Waals surface area (Å²) in [4.78, 5) is 14.2. The minimum absolute atomic E-state index is 0.0119. The molecular weight excluding hydrogens is 228 g/mol. The Kier molecular flexibility index (Phi) is 3.06. The van der Waals surface area contributed by atoms with Gasteiger partial charge in [0, 0.05) is 25.3 Å². The van der Waals surface area contributed by atoms with Crippen LogP contribution in [-0.2, 0) is 4.74 Å². The molecule has 4 heteroatoms. The summed E-state index contributed by atoms with van der Waals surface area (Å²) >= 11 is 0. The Morgan fingerprint density at radius 3 is 2.94 bits per heavy atom. The largest absolute Gasteiger partial charge is 0.376 e.